The van der Waals surface area contributed by atoms with Crippen LogP contribution in [0, 0.1) is 0 Å². The van der Waals surface area contributed by atoms with Crippen molar-refractivity contribution in [3.63, 3.8) is 0 Å². The van der Waals surface area contributed by atoms with Crippen LogP contribution in [-0.4, -0.2) is 35.1 Å². The Kier molecular flexibility index (Phi) is 6.93. The third-order valence-corrected chi connectivity index (χ3v) is 4.70. The molecule has 1 aromatic carbocycles. The van der Waals surface area contributed by atoms with Crippen LogP contribution in [0.1, 0.15) is 18.4 Å². The molecule has 1 aromatic heterocycles. The number of nitrogens with one attached hydrogen (secondary N) is 3. The largest absolute Gasteiger partial charge is 0.471 e. The van der Waals surface area contributed by atoms with Crippen LogP contribution >= 0.6 is 23.5 Å². The van der Waals surface area contributed by atoms with Crippen LogP contribution in [0.4, 0.5) is 4.79 Å². The molecule has 1 atom stereocenters. The van der Waals surface area contributed by atoms with E-state index in [1.54, 1.807) is 0 Å². The molecule has 0 bridgehead atoms. The van der Waals surface area contributed by atoms with Crippen LogP contribution < -0.4 is 20.1 Å². The van der Waals surface area contributed by atoms with Gasteiger partial charge in [-0.15, -0.1) is 0 Å². The van der Waals surface area contributed by atoms with Gasteiger partial charge in [0.2, 0.25) is 5.88 Å². The Labute approximate surface area is 161 Å². The number of aromatic nitrogens is 2. The number of hydrogen-bond acceptors (Lipinski definition) is 6. The Balaban J connectivity index is 1.55. The molecule has 0 unspecified atom stereocenters. The van der Waals surface area contributed by atoms with Gasteiger partial charge in [-0.1, -0.05) is 41.9 Å². The standard InChI is InChI=1S/C17H20ClN5O2S/c18-14-10-20-15(25-11-12-5-2-1-3-6-12)16(22-14)26-23-17(24)21-13-7-4-8-19-9-13/h1-3,5-6,10,13,19H,4,7-9,11H2,(H2,21,23,24)/t13-/m1/s1. The molecule has 2 aromatic rings. The summed E-state index contributed by atoms with van der Waals surface area (Å²) >= 11 is 6.95. The molecule has 1 aliphatic heterocycles. The number of ether oxygens (including phenoxy) is 1. The normalized spacial score (nSPS) is 16.7. The van der Waals surface area contributed by atoms with E-state index in [9.17, 15) is 4.79 Å². The van der Waals surface area contributed by atoms with Crippen molar-refractivity contribution in [2.24, 2.45) is 0 Å². The Morgan fingerprint density at radius 1 is 1.38 bits per heavy atom. The van der Waals surface area contributed by atoms with Crippen LogP contribution in [0.25, 0.3) is 0 Å². The summed E-state index contributed by atoms with van der Waals surface area (Å²) in [5.74, 6) is 0.322. The molecule has 0 aliphatic carbocycles. The van der Waals surface area contributed by atoms with Crippen molar-refractivity contribution in [1.82, 2.24) is 25.3 Å². The van der Waals surface area contributed by atoms with Crippen molar-refractivity contribution in [1.29, 1.82) is 0 Å². The molecule has 26 heavy (non-hydrogen) atoms. The molecule has 138 valence electrons. The summed E-state index contributed by atoms with van der Waals surface area (Å²) < 4.78 is 8.44. The lowest BCUT2D eigenvalue weighted by atomic mass is 10.1. The van der Waals surface area contributed by atoms with Gasteiger partial charge in [0.05, 0.1) is 6.20 Å². The highest BCUT2D eigenvalue weighted by molar-refractivity contribution is 7.98. The highest BCUT2D eigenvalue weighted by Gasteiger charge is 2.17. The summed E-state index contributed by atoms with van der Waals surface area (Å²) in [6.07, 6.45) is 3.43. The van der Waals surface area contributed by atoms with E-state index < -0.39 is 0 Å². The van der Waals surface area contributed by atoms with Crippen LogP contribution in [-0.2, 0) is 6.61 Å². The minimum atomic E-state index is -0.278. The second-order valence-corrected chi connectivity index (χ2v) is 6.98. The Bertz CT molecular complexity index is 728. The first-order valence-corrected chi connectivity index (χ1v) is 9.53. The molecule has 2 amide bonds. The van der Waals surface area contributed by atoms with Crippen LogP contribution in [0.5, 0.6) is 5.88 Å². The Morgan fingerprint density at radius 2 is 2.23 bits per heavy atom. The van der Waals surface area contributed by atoms with Gasteiger partial charge in [-0.05, 0) is 24.9 Å². The van der Waals surface area contributed by atoms with E-state index in [2.05, 4.69) is 25.3 Å². The zero-order chi connectivity index (χ0) is 18.2. The van der Waals surface area contributed by atoms with Gasteiger partial charge in [-0.25, -0.2) is 14.8 Å². The topological polar surface area (TPSA) is 88.2 Å². The molecule has 1 saturated heterocycles. The van der Waals surface area contributed by atoms with E-state index in [0.717, 1.165) is 43.4 Å². The fraction of sp³-hybridized carbons (Fsp3) is 0.353. The number of urea groups is 1. The molecular weight excluding hydrogens is 374 g/mol. The molecule has 3 rings (SSSR count). The number of halogens is 1. The third-order valence-electron chi connectivity index (χ3n) is 3.77. The van der Waals surface area contributed by atoms with Crippen molar-refractivity contribution >= 4 is 29.6 Å². The molecule has 0 spiro atoms. The van der Waals surface area contributed by atoms with Crippen molar-refractivity contribution in [2.75, 3.05) is 13.1 Å². The lowest BCUT2D eigenvalue weighted by molar-refractivity contribution is 0.239. The Morgan fingerprint density at radius 3 is 3.00 bits per heavy atom. The summed E-state index contributed by atoms with van der Waals surface area (Å²) in [7, 11) is 0. The third kappa shape index (κ3) is 5.76. The van der Waals surface area contributed by atoms with Crippen molar-refractivity contribution in [3.05, 3.63) is 47.2 Å². The lowest BCUT2D eigenvalue weighted by Gasteiger charge is -2.23. The minimum absolute atomic E-state index is 0.128. The van der Waals surface area contributed by atoms with Gasteiger partial charge in [0.15, 0.2) is 5.03 Å². The zero-order valence-corrected chi connectivity index (χ0v) is 15.6. The van der Waals surface area contributed by atoms with Gasteiger partial charge in [-0.2, -0.15) is 0 Å². The zero-order valence-electron chi connectivity index (χ0n) is 14.1. The van der Waals surface area contributed by atoms with Crippen molar-refractivity contribution < 1.29 is 9.53 Å². The number of rotatable bonds is 6. The smallest absolute Gasteiger partial charge is 0.325 e. The SMILES string of the molecule is O=C(NSc1nc(Cl)cnc1OCc1ccccc1)N[C@@H]1CCCNC1. The number of nitrogens with zero attached hydrogens (tertiary/aromatic N) is 2. The highest BCUT2D eigenvalue weighted by atomic mass is 35.5. The summed E-state index contributed by atoms with van der Waals surface area (Å²) in [5, 5.41) is 6.82. The molecular formula is C17H20ClN5O2S. The van der Waals surface area contributed by atoms with Crippen molar-refractivity contribution in [2.45, 2.75) is 30.5 Å². The van der Waals surface area contributed by atoms with E-state index in [0.29, 0.717) is 17.5 Å². The molecule has 3 N–H and O–H groups in total. The summed E-state index contributed by atoms with van der Waals surface area (Å²) in [6.45, 7) is 2.12. The van der Waals surface area contributed by atoms with Crippen molar-refractivity contribution in [3.8, 4) is 5.88 Å². The van der Waals surface area contributed by atoms with Crippen LogP contribution in [0.2, 0.25) is 5.15 Å². The number of carbonyl (C=O) groups is 1. The van der Waals surface area contributed by atoms with E-state index in [4.69, 9.17) is 16.3 Å². The quantitative estimate of drug-likeness (QED) is 0.654. The predicted octanol–water partition coefficient (Wildman–Crippen LogP) is 2.77. The second kappa shape index (κ2) is 9.61. The van der Waals surface area contributed by atoms with Crippen LogP contribution in [0.3, 0.4) is 0 Å². The molecule has 2 heterocycles. The van der Waals surface area contributed by atoms with Gasteiger partial charge >= 0.3 is 6.03 Å². The molecule has 1 aliphatic rings. The van der Waals surface area contributed by atoms with Crippen LogP contribution in [0.15, 0.2) is 41.6 Å². The van der Waals surface area contributed by atoms with Gasteiger partial charge in [0, 0.05) is 24.5 Å². The molecule has 0 radical (unpaired) electrons. The number of benzene rings is 1. The van der Waals surface area contributed by atoms with E-state index >= 15 is 0 Å². The predicted molar refractivity (Wildman–Crippen MR) is 101 cm³/mol. The number of hydrogen-bond donors (Lipinski definition) is 3. The van der Waals surface area contributed by atoms with Gasteiger partial charge in [-0.3, -0.25) is 4.72 Å². The average Bonchev–Trinajstić information content (AvgIpc) is 2.67. The summed E-state index contributed by atoms with van der Waals surface area (Å²) in [6, 6.07) is 9.59. The van der Waals surface area contributed by atoms with Gasteiger partial charge in [0.1, 0.15) is 11.8 Å². The monoisotopic (exact) mass is 393 g/mol. The molecule has 1 fully saturated rings. The van der Waals surface area contributed by atoms with Gasteiger partial charge in [0.25, 0.3) is 0 Å². The average molecular weight is 394 g/mol. The maximum Gasteiger partial charge on any atom is 0.325 e. The van der Waals surface area contributed by atoms with Gasteiger partial charge < -0.3 is 15.4 Å². The maximum atomic E-state index is 12.1. The number of amides is 2. The number of piperidine rings is 1. The first-order valence-electron chi connectivity index (χ1n) is 8.34. The Hall–Kier alpha value is -2.03. The molecule has 0 saturated carbocycles. The summed E-state index contributed by atoms with van der Waals surface area (Å²) in [4.78, 5) is 20.4. The number of carbonyl (C=O) groups excluding carboxylic acids is 1. The first kappa shape index (κ1) is 18.8. The minimum Gasteiger partial charge on any atom is -0.471 e. The van der Waals surface area contributed by atoms with E-state index in [1.807, 2.05) is 30.3 Å². The molecule has 7 nitrogen and oxygen atoms in total. The fourth-order valence-electron chi connectivity index (χ4n) is 2.52. The highest BCUT2D eigenvalue weighted by Crippen LogP contribution is 2.25. The maximum absolute atomic E-state index is 12.1. The fourth-order valence-corrected chi connectivity index (χ4v) is 3.29. The molecule has 9 heteroatoms. The second-order valence-electron chi connectivity index (χ2n) is 5.80. The summed E-state index contributed by atoms with van der Waals surface area (Å²) in [5.41, 5.74) is 1.01. The first-order chi connectivity index (χ1) is 12.7. The van der Waals surface area contributed by atoms with E-state index in [1.165, 1.54) is 6.20 Å². The lowest BCUT2D eigenvalue weighted by Crippen LogP contribution is -2.47. The van der Waals surface area contributed by atoms with E-state index in [-0.39, 0.29) is 17.2 Å².